The minimum atomic E-state index is 1.18. The third-order valence-electron chi connectivity index (χ3n) is 3.67. The van der Waals surface area contributed by atoms with Crippen molar-refractivity contribution in [3.63, 3.8) is 0 Å². The number of rotatable bonds is 0. The van der Waals surface area contributed by atoms with Crippen molar-refractivity contribution in [3.8, 4) is 0 Å². The molecule has 104 valence electrons. The van der Waals surface area contributed by atoms with Crippen LogP contribution in [0.15, 0.2) is 42.5 Å². The van der Waals surface area contributed by atoms with Crippen LogP contribution in [-0.4, -0.2) is 0 Å². The average Bonchev–Trinajstić information content (AvgIpc) is 2.57. The van der Waals surface area contributed by atoms with Crippen molar-refractivity contribution < 1.29 is 0 Å². The van der Waals surface area contributed by atoms with Gasteiger partial charge < -0.3 is 0 Å². The Labute approximate surface area is 122 Å². The van der Waals surface area contributed by atoms with Crippen molar-refractivity contribution >= 4 is 27.6 Å². The summed E-state index contributed by atoms with van der Waals surface area (Å²) in [7, 11) is 0. The Hall–Kier alpha value is -1.82. The Morgan fingerprint density at radius 3 is 2.05 bits per heavy atom. The fraction of sp³-hybridized carbons (Fsp3) is 0.300. The molecular formula is C20H24. The Morgan fingerprint density at radius 2 is 1.35 bits per heavy atom. The summed E-state index contributed by atoms with van der Waals surface area (Å²) in [5.74, 6) is 0. The van der Waals surface area contributed by atoms with Crippen molar-refractivity contribution in [2.45, 2.75) is 40.5 Å². The third kappa shape index (κ3) is 2.31. The second kappa shape index (κ2) is 6.56. The predicted octanol–water partition coefficient (Wildman–Crippen LogP) is 5.49. The molecule has 1 aliphatic rings. The van der Waals surface area contributed by atoms with Gasteiger partial charge in [-0.3, -0.25) is 0 Å². The summed E-state index contributed by atoms with van der Waals surface area (Å²) in [5.41, 5.74) is 1.52. The molecular weight excluding hydrogens is 240 g/mol. The van der Waals surface area contributed by atoms with Gasteiger partial charge >= 0.3 is 0 Å². The van der Waals surface area contributed by atoms with Crippen LogP contribution in [0, 0.1) is 0 Å². The molecule has 0 nitrogen and oxygen atoms in total. The molecule has 0 spiro atoms. The van der Waals surface area contributed by atoms with Crippen LogP contribution in [-0.2, 0) is 6.42 Å². The molecule has 0 heteroatoms. The van der Waals surface area contributed by atoms with E-state index >= 15 is 0 Å². The smallest absolute Gasteiger partial charge is 0.00302 e. The largest absolute Gasteiger partial charge is 0.0763 e. The zero-order valence-corrected chi connectivity index (χ0v) is 13.0. The highest BCUT2D eigenvalue weighted by Gasteiger charge is 2.09. The first kappa shape index (κ1) is 14.6. The number of hydrogen-bond acceptors (Lipinski definition) is 0. The SMILES string of the molecule is C1=c2ccc3cccc4ccc(c2c43)CC1.CC.CC. The van der Waals surface area contributed by atoms with Gasteiger partial charge in [0.2, 0.25) is 0 Å². The molecule has 0 heterocycles. The van der Waals surface area contributed by atoms with Crippen LogP contribution in [0.2, 0.25) is 0 Å². The molecule has 0 fully saturated rings. The van der Waals surface area contributed by atoms with Gasteiger partial charge in [0, 0.05) is 0 Å². The van der Waals surface area contributed by atoms with Gasteiger partial charge in [0.15, 0.2) is 0 Å². The second-order valence-corrected chi connectivity index (χ2v) is 4.58. The van der Waals surface area contributed by atoms with E-state index in [-0.39, 0.29) is 0 Å². The van der Waals surface area contributed by atoms with Crippen molar-refractivity contribution in [1.29, 1.82) is 0 Å². The maximum atomic E-state index is 2.37. The summed E-state index contributed by atoms with van der Waals surface area (Å²) in [6.45, 7) is 8.00. The van der Waals surface area contributed by atoms with Gasteiger partial charge in [-0.1, -0.05) is 76.2 Å². The predicted molar refractivity (Wildman–Crippen MR) is 92.2 cm³/mol. The Balaban J connectivity index is 0.000000340. The number of hydrogen-bond donors (Lipinski definition) is 0. The molecule has 0 unspecified atom stereocenters. The molecule has 0 amide bonds. The minimum absolute atomic E-state index is 1.18. The monoisotopic (exact) mass is 264 g/mol. The van der Waals surface area contributed by atoms with Crippen LogP contribution in [0.5, 0.6) is 0 Å². The highest BCUT2D eigenvalue weighted by molar-refractivity contribution is 6.11. The van der Waals surface area contributed by atoms with Crippen LogP contribution in [0.1, 0.15) is 39.7 Å². The van der Waals surface area contributed by atoms with Crippen molar-refractivity contribution in [2.75, 3.05) is 0 Å². The molecule has 3 aromatic carbocycles. The molecule has 3 aromatic rings. The van der Waals surface area contributed by atoms with E-state index in [2.05, 4.69) is 48.5 Å². The lowest BCUT2D eigenvalue weighted by Gasteiger charge is -2.14. The maximum absolute atomic E-state index is 2.37. The number of aryl methyl sites for hydroxylation is 1. The van der Waals surface area contributed by atoms with Crippen molar-refractivity contribution in [2.24, 2.45) is 0 Å². The zero-order chi connectivity index (χ0) is 14.5. The van der Waals surface area contributed by atoms with E-state index in [0.29, 0.717) is 0 Å². The van der Waals surface area contributed by atoms with Crippen LogP contribution in [0.4, 0.5) is 0 Å². The molecule has 0 bridgehead atoms. The van der Waals surface area contributed by atoms with Gasteiger partial charge in [0.25, 0.3) is 0 Å². The minimum Gasteiger partial charge on any atom is -0.0763 e. The fourth-order valence-corrected chi connectivity index (χ4v) is 2.94. The lowest BCUT2D eigenvalue weighted by molar-refractivity contribution is 1.04. The van der Waals surface area contributed by atoms with Crippen LogP contribution in [0.25, 0.3) is 27.6 Å². The molecule has 0 N–H and O–H groups in total. The molecule has 0 aromatic heterocycles. The van der Waals surface area contributed by atoms with E-state index < -0.39 is 0 Å². The summed E-state index contributed by atoms with van der Waals surface area (Å²) in [5, 5.41) is 7.10. The van der Waals surface area contributed by atoms with E-state index in [4.69, 9.17) is 0 Å². The van der Waals surface area contributed by atoms with E-state index in [9.17, 15) is 0 Å². The van der Waals surface area contributed by atoms with Gasteiger partial charge in [-0.25, -0.2) is 0 Å². The lowest BCUT2D eigenvalue weighted by atomic mass is 9.90. The standard InChI is InChI=1S/C16H12.2C2H6/c1-3-11-7-9-13-5-2-6-14-10-8-12(4-1)15(11)16(13)14;2*1-2/h1,3-5,7-10H,2,6H2;2*1-2H3. The van der Waals surface area contributed by atoms with Gasteiger partial charge in [-0.2, -0.15) is 0 Å². The molecule has 0 saturated heterocycles. The van der Waals surface area contributed by atoms with E-state index in [0.717, 1.165) is 0 Å². The van der Waals surface area contributed by atoms with Gasteiger partial charge in [-0.15, -0.1) is 0 Å². The fourth-order valence-electron chi connectivity index (χ4n) is 2.94. The van der Waals surface area contributed by atoms with Gasteiger partial charge in [-0.05, 0) is 45.2 Å². The topological polar surface area (TPSA) is 0 Å². The summed E-state index contributed by atoms with van der Waals surface area (Å²) >= 11 is 0. The van der Waals surface area contributed by atoms with Crippen molar-refractivity contribution in [3.05, 3.63) is 53.2 Å². The van der Waals surface area contributed by atoms with Crippen LogP contribution in [0.3, 0.4) is 0 Å². The molecule has 0 atom stereocenters. The Bertz CT molecular complexity index is 735. The molecule has 20 heavy (non-hydrogen) atoms. The van der Waals surface area contributed by atoms with Crippen LogP contribution < -0.4 is 5.22 Å². The molecule has 4 rings (SSSR count). The first-order chi connectivity index (χ1) is 9.93. The normalized spacial score (nSPS) is 12.0. The highest BCUT2D eigenvalue weighted by Crippen LogP contribution is 2.29. The Kier molecular flexibility index (Phi) is 4.79. The van der Waals surface area contributed by atoms with Gasteiger partial charge in [0.05, 0.1) is 0 Å². The molecule has 1 aliphatic carbocycles. The molecule has 0 radical (unpaired) electrons. The second-order valence-electron chi connectivity index (χ2n) is 4.58. The average molecular weight is 264 g/mol. The zero-order valence-electron chi connectivity index (χ0n) is 13.0. The molecule has 0 aliphatic heterocycles. The third-order valence-corrected chi connectivity index (χ3v) is 3.67. The summed E-state index contributed by atoms with van der Waals surface area (Å²) < 4.78 is 0. The first-order valence-corrected chi connectivity index (χ1v) is 7.87. The van der Waals surface area contributed by atoms with E-state index in [1.54, 1.807) is 0 Å². The van der Waals surface area contributed by atoms with E-state index in [1.807, 2.05) is 27.7 Å². The summed E-state index contributed by atoms with van der Waals surface area (Å²) in [6.07, 6.45) is 4.74. The number of benzene rings is 3. The van der Waals surface area contributed by atoms with E-state index in [1.165, 1.54) is 45.2 Å². The van der Waals surface area contributed by atoms with Crippen molar-refractivity contribution in [1.82, 2.24) is 0 Å². The highest BCUT2D eigenvalue weighted by atomic mass is 14.1. The lowest BCUT2D eigenvalue weighted by Crippen LogP contribution is -2.09. The quantitative estimate of drug-likeness (QED) is 0.503. The Morgan fingerprint density at radius 1 is 0.700 bits per heavy atom. The summed E-state index contributed by atoms with van der Waals surface area (Å²) in [4.78, 5) is 0. The summed E-state index contributed by atoms with van der Waals surface area (Å²) in [6, 6.07) is 15.6. The molecule has 0 saturated carbocycles. The maximum Gasteiger partial charge on any atom is -0.00302 e. The van der Waals surface area contributed by atoms with Gasteiger partial charge in [0.1, 0.15) is 0 Å². The van der Waals surface area contributed by atoms with Crippen LogP contribution >= 0.6 is 0 Å². The first-order valence-electron chi connectivity index (χ1n) is 7.87.